The van der Waals surface area contributed by atoms with E-state index in [1.165, 1.54) is 0 Å². The van der Waals surface area contributed by atoms with Gasteiger partial charge < -0.3 is 10.7 Å². The molecule has 0 saturated carbocycles. The number of amides is 1. The molecule has 0 fully saturated rings. The topological polar surface area (TPSA) is 85.0 Å². The van der Waals surface area contributed by atoms with Crippen LogP contribution in [0.3, 0.4) is 0 Å². The third kappa shape index (κ3) is 3.24. The average molecular weight is 280 g/mol. The lowest BCUT2D eigenvalue weighted by molar-refractivity contribution is 0.0951. The Morgan fingerprint density at radius 3 is 2.95 bits per heavy atom. The maximum absolute atomic E-state index is 12.1. The summed E-state index contributed by atoms with van der Waals surface area (Å²) >= 11 is 5.88. The van der Waals surface area contributed by atoms with Crippen molar-refractivity contribution < 1.29 is 4.79 Å². The van der Waals surface area contributed by atoms with Crippen molar-refractivity contribution in [3.63, 3.8) is 0 Å². The predicted octanol–water partition coefficient (Wildman–Crippen LogP) is 1.29. The van der Waals surface area contributed by atoms with Gasteiger partial charge in [0.25, 0.3) is 5.91 Å². The van der Waals surface area contributed by atoms with Gasteiger partial charge in [0.05, 0.1) is 17.4 Å². The summed E-state index contributed by atoms with van der Waals surface area (Å²) in [7, 11) is 1.82. The van der Waals surface area contributed by atoms with Crippen LogP contribution in [0.5, 0.6) is 0 Å². The van der Waals surface area contributed by atoms with Crippen molar-refractivity contribution in [3.8, 4) is 0 Å². The molecule has 0 unspecified atom stereocenters. The van der Waals surface area contributed by atoms with Gasteiger partial charge in [-0.15, -0.1) is 0 Å². The number of nitrogen functional groups attached to an aromatic ring is 1. The van der Waals surface area contributed by atoms with Gasteiger partial charge in [-0.3, -0.25) is 15.3 Å². The molecule has 0 aliphatic heterocycles. The molecule has 6 nitrogen and oxygen atoms in total. The molecule has 2 aromatic rings. The first-order valence-electron chi connectivity index (χ1n) is 5.62. The van der Waals surface area contributed by atoms with Crippen LogP contribution in [-0.4, -0.2) is 15.7 Å². The third-order valence-electron chi connectivity index (χ3n) is 2.59. The van der Waals surface area contributed by atoms with Crippen molar-refractivity contribution in [3.05, 3.63) is 46.7 Å². The molecule has 4 N–H and O–H groups in total. The number of aryl methyl sites for hydroxylation is 1. The number of hydrogen-bond acceptors (Lipinski definition) is 4. The molecule has 0 radical (unpaired) electrons. The number of nitrogens with zero attached hydrogens (tertiary/aromatic N) is 2. The highest BCUT2D eigenvalue weighted by molar-refractivity contribution is 6.31. The molecular weight excluding hydrogens is 266 g/mol. The number of nitrogens with two attached hydrogens (primary N) is 1. The van der Waals surface area contributed by atoms with Gasteiger partial charge in [-0.2, -0.15) is 5.10 Å². The summed E-state index contributed by atoms with van der Waals surface area (Å²) in [5.41, 5.74) is 4.31. The Bertz CT molecular complexity index is 596. The second kappa shape index (κ2) is 5.73. The highest BCUT2D eigenvalue weighted by Gasteiger charge is 2.11. The summed E-state index contributed by atoms with van der Waals surface area (Å²) in [5.74, 6) is 5.11. The summed E-state index contributed by atoms with van der Waals surface area (Å²) in [6.07, 6.45) is 3.53. The maximum atomic E-state index is 12.1. The maximum Gasteiger partial charge on any atom is 0.253 e. The van der Waals surface area contributed by atoms with Gasteiger partial charge in [0.15, 0.2) is 0 Å². The number of carbonyl (C=O) groups excluding carboxylic acids is 1. The van der Waals surface area contributed by atoms with Crippen LogP contribution in [0, 0.1) is 0 Å². The molecule has 0 aliphatic rings. The third-order valence-corrected chi connectivity index (χ3v) is 2.83. The van der Waals surface area contributed by atoms with Crippen LogP contribution in [0.4, 0.5) is 5.69 Å². The summed E-state index contributed by atoms with van der Waals surface area (Å²) in [5, 5.41) is 7.29. The first-order valence-corrected chi connectivity index (χ1v) is 6.00. The SMILES string of the molecule is Cn1cc(CNC(=O)c2cc(Cl)ccc2NN)cn1. The van der Waals surface area contributed by atoms with E-state index in [-0.39, 0.29) is 5.91 Å². The van der Waals surface area contributed by atoms with Gasteiger partial charge in [-0.05, 0) is 18.2 Å². The fourth-order valence-electron chi connectivity index (χ4n) is 1.67. The molecule has 0 spiro atoms. The van der Waals surface area contributed by atoms with Crippen LogP contribution in [0.1, 0.15) is 15.9 Å². The predicted molar refractivity (Wildman–Crippen MR) is 73.6 cm³/mol. The fraction of sp³-hybridized carbons (Fsp3) is 0.167. The quantitative estimate of drug-likeness (QED) is 0.581. The molecule has 0 saturated heterocycles. The summed E-state index contributed by atoms with van der Waals surface area (Å²) in [6, 6.07) is 4.88. The Labute approximate surface area is 115 Å². The molecule has 0 atom stereocenters. The van der Waals surface area contributed by atoms with Crippen molar-refractivity contribution in [2.45, 2.75) is 6.54 Å². The normalized spacial score (nSPS) is 10.3. The second-order valence-electron chi connectivity index (χ2n) is 4.04. The van der Waals surface area contributed by atoms with Crippen molar-refractivity contribution in [1.29, 1.82) is 0 Å². The smallest absolute Gasteiger partial charge is 0.253 e. The van der Waals surface area contributed by atoms with Crippen LogP contribution in [0.15, 0.2) is 30.6 Å². The van der Waals surface area contributed by atoms with Crippen LogP contribution >= 0.6 is 11.6 Å². The number of rotatable bonds is 4. The van der Waals surface area contributed by atoms with E-state index < -0.39 is 0 Å². The number of anilines is 1. The zero-order chi connectivity index (χ0) is 13.8. The fourth-order valence-corrected chi connectivity index (χ4v) is 1.84. The number of benzene rings is 1. The lowest BCUT2D eigenvalue weighted by Gasteiger charge is -2.09. The number of hydrazine groups is 1. The minimum Gasteiger partial charge on any atom is -0.348 e. The van der Waals surface area contributed by atoms with Gasteiger partial charge in [-0.25, -0.2) is 0 Å². The van der Waals surface area contributed by atoms with Crippen LogP contribution < -0.4 is 16.6 Å². The first kappa shape index (κ1) is 13.4. The summed E-state index contributed by atoms with van der Waals surface area (Å²) in [6.45, 7) is 0.392. The number of nitrogens with one attached hydrogen (secondary N) is 2. The van der Waals surface area contributed by atoms with Crippen LogP contribution in [0.25, 0.3) is 0 Å². The second-order valence-corrected chi connectivity index (χ2v) is 4.48. The van der Waals surface area contributed by atoms with Gasteiger partial charge in [0, 0.05) is 30.4 Å². The van der Waals surface area contributed by atoms with E-state index in [0.717, 1.165) is 5.56 Å². The molecule has 1 aromatic heterocycles. The molecule has 0 bridgehead atoms. The Hall–Kier alpha value is -2.05. The monoisotopic (exact) mass is 279 g/mol. The van der Waals surface area contributed by atoms with Crippen molar-refractivity contribution in [2.24, 2.45) is 12.9 Å². The highest BCUT2D eigenvalue weighted by Crippen LogP contribution is 2.19. The largest absolute Gasteiger partial charge is 0.348 e. The number of halogens is 1. The highest BCUT2D eigenvalue weighted by atomic mass is 35.5. The van der Waals surface area contributed by atoms with E-state index >= 15 is 0 Å². The molecule has 2 rings (SSSR count). The molecule has 0 aliphatic carbocycles. The minimum atomic E-state index is -0.251. The molecule has 100 valence electrons. The molecule has 1 heterocycles. The van der Waals surface area contributed by atoms with Gasteiger partial charge >= 0.3 is 0 Å². The van der Waals surface area contributed by atoms with Crippen molar-refractivity contribution >= 4 is 23.2 Å². The summed E-state index contributed by atoms with van der Waals surface area (Å²) in [4.78, 5) is 12.1. The molecule has 1 aromatic carbocycles. The Kier molecular flexibility index (Phi) is 4.03. The van der Waals surface area contributed by atoms with E-state index in [4.69, 9.17) is 17.4 Å². The Balaban J connectivity index is 2.09. The Morgan fingerprint density at radius 1 is 1.53 bits per heavy atom. The van der Waals surface area contributed by atoms with Crippen molar-refractivity contribution in [1.82, 2.24) is 15.1 Å². The zero-order valence-electron chi connectivity index (χ0n) is 10.4. The standard InChI is InChI=1S/C12H14ClN5O/c1-18-7-8(6-16-18)5-15-12(19)10-4-9(13)2-3-11(10)17-14/h2-4,6-7,17H,5,14H2,1H3,(H,15,19). The van der Waals surface area contributed by atoms with Crippen LogP contribution in [-0.2, 0) is 13.6 Å². The average Bonchev–Trinajstić information content (AvgIpc) is 2.81. The first-order chi connectivity index (χ1) is 9.10. The Morgan fingerprint density at radius 2 is 2.32 bits per heavy atom. The number of carbonyl (C=O) groups is 1. The van der Waals surface area contributed by atoms with E-state index in [1.54, 1.807) is 29.1 Å². The molecule has 19 heavy (non-hydrogen) atoms. The lowest BCUT2D eigenvalue weighted by Crippen LogP contribution is -2.24. The van der Waals surface area contributed by atoms with Gasteiger partial charge in [-0.1, -0.05) is 11.6 Å². The van der Waals surface area contributed by atoms with E-state index in [0.29, 0.717) is 22.8 Å². The van der Waals surface area contributed by atoms with Gasteiger partial charge in [0.2, 0.25) is 0 Å². The van der Waals surface area contributed by atoms with E-state index in [1.807, 2.05) is 13.2 Å². The van der Waals surface area contributed by atoms with Gasteiger partial charge in [0.1, 0.15) is 0 Å². The molecule has 1 amide bonds. The van der Waals surface area contributed by atoms with E-state index in [2.05, 4.69) is 15.8 Å². The number of hydrogen-bond donors (Lipinski definition) is 3. The van der Waals surface area contributed by atoms with E-state index in [9.17, 15) is 4.79 Å². The zero-order valence-corrected chi connectivity index (χ0v) is 11.1. The lowest BCUT2D eigenvalue weighted by atomic mass is 10.1. The molecule has 7 heteroatoms. The van der Waals surface area contributed by atoms with Crippen molar-refractivity contribution in [2.75, 3.05) is 5.43 Å². The minimum absolute atomic E-state index is 0.251. The summed E-state index contributed by atoms with van der Waals surface area (Å²) < 4.78 is 1.67. The number of aromatic nitrogens is 2. The molecular formula is C12H14ClN5O. The van der Waals surface area contributed by atoms with Crippen LogP contribution in [0.2, 0.25) is 5.02 Å².